The Morgan fingerprint density at radius 1 is 1.21 bits per heavy atom. The van der Waals surface area contributed by atoms with Crippen LogP contribution in [0.5, 0.6) is 0 Å². The van der Waals surface area contributed by atoms with Crippen molar-refractivity contribution < 1.29 is 27.5 Å². The van der Waals surface area contributed by atoms with Crippen LogP contribution in [-0.2, 0) is 27.5 Å². The Hall–Kier alpha value is -2.09. The van der Waals surface area contributed by atoms with Crippen LogP contribution < -0.4 is 5.32 Å². The molecule has 8 heteroatoms. The smallest absolute Gasteiger partial charge is 0.367 e. The minimum atomic E-state index is -4.34. The number of alkyl halides is 3. The van der Waals surface area contributed by atoms with E-state index in [0.29, 0.717) is 18.7 Å². The van der Waals surface area contributed by atoms with Crippen LogP contribution in [0.4, 0.5) is 13.2 Å². The van der Waals surface area contributed by atoms with Crippen LogP contribution in [-0.4, -0.2) is 42.1 Å². The number of carbonyl (C=O) groups excluding carboxylic acids is 2. The van der Waals surface area contributed by atoms with Crippen LogP contribution in [0.1, 0.15) is 44.2 Å². The number of likely N-dealkylation sites (tertiary alicyclic amines) is 1. The molecular formula is C20H27F3N2O3. The predicted molar refractivity (Wildman–Crippen MR) is 98.2 cm³/mol. The van der Waals surface area contributed by atoms with Crippen molar-refractivity contribution in [2.24, 2.45) is 5.92 Å². The summed E-state index contributed by atoms with van der Waals surface area (Å²) in [5.41, 5.74) is 1.45. The van der Waals surface area contributed by atoms with Gasteiger partial charge in [0.05, 0.1) is 12.5 Å². The molecule has 2 amide bonds. The summed E-state index contributed by atoms with van der Waals surface area (Å²) in [6.07, 6.45) is -2.36. The first kappa shape index (κ1) is 22.2. The molecule has 1 atom stereocenters. The van der Waals surface area contributed by atoms with Crippen molar-refractivity contribution in [3.63, 3.8) is 0 Å². The first-order valence-corrected chi connectivity index (χ1v) is 9.53. The van der Waals surface area contributed by atoms with Crippen molar-refractivity contribution in [2.75, 3.05) is 13.2 Å². The van der Waals surface area contributed by atoms with Gasteiger partial charge in [-0.1, -0.05) is 38.1 Å². The summed E-state index contributed by atoms with van der Waals surface area (Å²) in [5, 5.41) is 2.84. The highest BCUT2D eigenvalue weighted by molar-refractivity contribution is 5.89. The number of amides is 2. The molecule has 0 aliphatic carbocycles. The van der Waals surface area contributed by atoms with E-state index in [2.05, 4.69) is 10.1 Å². The Balaban J connectivity index is 1.79. The van der Waals surface area contributed by atoms with E-state index in [0.717, 1.165) is 18.4 Å². The molecule has 28 heavy (non-hydrogen) atoms. The van der Waals surface area contributed by atoms with Gasteiger partial charge < -0.3 is 15.0 Å². The average molecular weight is 400 g/mol. The van der Waals surface area contributed by atoms with Crippen LogP contribution in [0.2, 0.25) is 0 Å². The van der Waals surface area contributed by atoms with Crippen molar-refractivity contribution in [3.05, 3.63) is 35.4 Å². The van der Waals surface area contributed by atoms with Crippen LogP contribution in [0.25, 0.3) is 0 Å². The second-order valence-corrected chi connectivity index (χ2v) is 7.06. The molecule has 1 unspecified atom stereocenters. The lowest BCUT2D eigenvalue weighted by Gasteiger charge is -2.26. The third-order valence-corrected chi connectivity index (χ3v) is 4.94. The zero-order valence-electron chi connectivity index (χ0n) is 16.2. The lowest BCUT2D eigenvalue weighted by atomic mass is 10.1. The Morgan fingerprint density at radius 3 is 2.39 bits per heavy atom. The largest absolute Gasteiger partial charge is 0.411 e. The van der Waals surface area contributed by atoms with Gasteiger partial charge in [-0.25, -0.2) is 0 Å². The molecule has 0 aromatic heterocycles. The molecule has 1 aromatic rings. The van der Waals surface area contributed by atoms with Crippen molar-refractivity contribution in [1.82, 2.24) is 10.2 Å². The Bertz CT molecular complexity index is 658. The van der Waals surface area contributed by atoms with Gasteiger partial charge in [0, 0.05) is 25.6 Å². The maximum Gasteiger partial charge on any atom is 0.411 e. The molecular weight excluding hydrogens is 373 g/mol. The van der Waals surface area contributed by atoms with E-state index in [1.54, 1.807) is 29.2 Å². The number of nitrogens with zero attached hydrogens (tertiary/aromatic N) is 1. The number of ether oxygens (including phenoxy) is 1. The Labute approximate surface area is 163 Å². The molecule has 1 heterocycles. The predicted octanol–water partition coefficient (Wildman–Crippen LogP) is 3.42. The normalized spacial score (nSPS) is 17.4. The third kappa shape index (κ3) is 6.51. The first-order valence-electron chi connectivity index (χ1n) is 9.53. The van der Waals surface area contributed by atoms with E-state index in [9.17, 15) is 22.8 Å². The molecule has 1 saturated heterocycles. The summed E-state index contributed by atoms with van der Waals surface area (Å²) < 4.78 is 40.8. The first-order chi connectivity index (χ1) is 13.2. The van der Waals surface area contributed by atoms with E-state index < -0.39 is 12.8 Å². The molecule has 1 aliphatic rings. The molecule has 156 valence electrons. The molecule has 0 saturated carbocycles. The van der Waals surface area contributed by atoms with Crippen molar-refractivity contribution in [3.8, 4) is 0 Å². The monoisotopic (exact) mass is 400 g/mol. The maximum atomic E-state index is 12.4. The van der Waals surface area contributed by atoms with E-state index in [-0.39, 0.29) is 36.8 Å². The summed E-state index contributed by atoms with van der Waals surface area (Å²) in [6, 6.07) is 7.00. The molecule has 2 rings (SSSR count). The van der Waals surface area contributed by atoms with Crippen molar-refractivity contribution >= 4 is 11.8 Å². The van der Waals surface area contributed by atoms with Crippen molar-refractivity contribution in [1.29, 1.82) is 0 Å². The molecule has 0 bridgehead atoms. The molecule has 1 N–H and O–H groups in total. The van der Waals surface area contributed by atoms with Gasteiger partial charge in [-0.15, -0.1) is 0 Å². The summed E-state index contributed by atoms with van der Waals surface area (Å²) in [4.78, 5) is 26.4. The second kappa shape index (κ2) is 9.91. The average Bonchev–Trinajstić information content (AvgIpc) is 3.03. The van der Waals surface area contributed by atoms with Gasteiger partial charge in [-0.05, 0) is 24.0 Å². The number of halogens is 3. The highest BCUT2D eigenvalue weighted by Crippen LogP contribution is 2.23. The standard InChI is InChI=1S/C20H27F3N2O3/c1-3-17(4-2)25-11-16(9-18(25)26)19(27)24-10-14-5-7-15(8-6-14)12-28-13-20(21,22)23/h5-8,16-17H,3-4,9-13H2,1-2H3,(H,24,27). The van der Waals surface area contributed by atoms with Crippen LogP contribution in [0.15, 0.2) is 24.3 Å². The number of carbonyl (C=O) groups is 2. The van der Waals surface area contributed by atoms with Crippen LogP contribution >= 0.6 is 0 Å². The van der Waals surface area contributed by atoms with E-state index in [1.807, 2.05) is 13.8 Å². The highest BCUT2D eigenvalue weighted by Gasteiger charge is 2.36. The maximum absolute atomic E-state index is 12.4. The fraction of sp³-hybridized carbons (Fsp3) is 0.600. The van der Waals surface area contributed by atoms with Gasteiger partial charge in [-0.2, -0.15) is 13.2 Å². The Kier molecular flexibility index (Phi) is 7.86. The Morgan fingerprint density at radius 2 is 1.82 bits per heavy atom. The quantitative estimate of drug-likeness (QED) is 0.691. The fourth-order valence-electron chi connectivity index (χ4n) is 3.36. The number of hydrogen-bond acceptors (Lipinski definition) is 3. The lowest BCUT2D eigenvalue weighted by molar-refractivity contribution is -0.176. The summed E-state index contributed by atoms with van der Waals surface area (Å²) in [5.74, 6) is -0.473. The van der Waals surface area contributed by atoms with Gasteiger partial charge in [-0.3, -0.25) is 9.59 Å². The molecule has 1 aliphatic heterocycles. The molecule has 1 fully saturated rings. The number of nitrogens with one attached hydrogen (secondary N) is 1. The molecule has 1 aromatic carbocycles. The molecule has 0 radical (unpaired) electrons. The lowest BCUT2D eigenvalue weighted by Crippen LogP contribution is -2.37. The van der Waals surface area contributed by atoms with E-state index in [4.69, 9.17) is 0 Å². The van der Waals surface area contributed by atoms with Crippen LogP contribution in [0.3, 0.4) is 0 Å². The van der Waals surface area contributed by atoms with E-state index in [1.165, 1.54) is 0 Å². The SMILES string of the molecule is CCC(CC)N1CC(C(=O)NCc2ccc(COCC(F)(F)F)cc2)CC1=O. The summed E-state index contributed by atoms with van der Waals surface area (Å²) >= 11 is 0. The molecule has 0 spiro atoms. The van der Waals surface area contributed by atoms with Crippen molar-refractivity contribution in [2.45, 2.75) is 58.5 Å². The van der Waals surface area contributed by atoms with Gasteiger partial charge >= 0.3 is 6.18 Å². The second-order valence-electron chi connectivity index (χ2n) is 7.06. The van der Waals surface area contributed by atoms with Gasteiger partial charge in [0.1, 0.15) is 6.61 Å². The number of benzene rings is 1. The topological polar surface area (TPSA) is 58.6 Å². The van der Waals surface area contributed by atoms with Gasteiger partial charge in [0.2, 0.25) is 11.8 Å². The molecule has 5 nitrogen and oxygen atoms in total. The minimum Gasteiger partial charge on any atom is -0.367 e. The third-order valence-electron chi connectivity index (χ3n) is 4.94. The van der Waals surface area contributed by atoms with Gasteiger partial charge in [0.15, 0.2) is 0 Å². The summed E-state index contributed by atoms with van der Waals surface area (Å²) in [7, 11) is 0. The zero-order chi connectivity index (χ0) is 20.7. The minimum absolute atomic E-state index is 0.0251. The van der Waals surface area contributed by atoms with E-state index >= 15 is 0 Å². The highest BCUT2D eigenvalue weighted by atomic mass is 19.4. The van der Waals surface area contributed by atoms with Crippen LogP contribution in [0, 0.1) is 5.92 Å². The fourth-order valence-corrected chi connectivity index (χ4v) is 3.36. The number of rotatable bonds is 9. The summed E-state index contributed by atoms with van der Waals surface area (Å²) in [6.45, 7) is 3.42. The zero-order valence-corrected chi connectivity index (χ0v) is 16.2. The van der Waals surface area contributed by atoms with Gasteiger partial charge in [0.25, 0.3) is 0 Å². The number of hydrogen-bond donors (Lipinski definition) is 1.